The van der Waals surface area contributed by atoms with E-state index in [1.807, 2.05) is 13.8 Å². The van der Waals surface area contributed by atoms with E-state index in [1.165, 1.54) is 6.07 Å². The van der Waals surface area contributed by atoms with Gasteiger partial charge in [0.2, 0.25) is 0 Å². The van der Waals surface area contributed by atoms with Crippen LogP contribution in [0.3, 0.4) is 0 Å². The second-order valence-corrected chi connectivity index (χ2v) is 5.48. The van der Waals surface area contributed by atoms with Gasteiger partial charge in [0.05, 0.1) is 23.6 Å². The highest BCUT2D eigenvalue weighted by Crippen LogP contribution is 2.21. The largest absolute Gasteiger partial charge is 0.465 e. The van der Waals surface area contributed by atoms with Gasteiger partial charge in [-0.15, -0.1) is 10.2 Å². The number of aromatic nitrogens is 4. The van der Waals surface area contributed by atoms with Crippen LogP contribution in [-0.2, 0) is 4.74 Å². The van der Waals surface area contributed by atoms with E-state index in [9.17, 15) is 19.7 Å². The van der Waals surface area contributed by atoms with Crippen LogP contribution in [0.15, 0.2) is 18.2 Å². The Morgan fingerprint density at radius 1 is 1.28 bits per heavy atom. The van der Waals surface area contributed by atoms with E-state index < -0.39 is 28.5 Å². The number of amides is 1. The number of carbonyl (C=O) groups excluding carboxylic acids is 2. The molecule has 1 amide bonds. The molecule has 0 unspecified atom stereocenters. The average Bonchev–Trinajstić information content (AvgIpc) is 3.12. The third-order valence-electron chi connectivity index (χ3n) is 3.41. The molecule has 1 aromatic carbocycles. The predicted molar refractivity (Wildman–Crippen MR) is 83.7 cm³/mol. The standard InChI is InChI=1S/C14H16N6O5/c1-7(2)11(12-16-18-19-17-12)15-13(21)8-4-9(14(22)25-3)6-10(5-8)20(23)24/h4-7,11H,1-3H3,(H,15,21)(H,16,17,18,19)/t11-/m0/s1. The van der Waals surface area contributed by atoms with Crippen molar-refractivity contribution in [3.05, 3.63) is 45.3 Å². The molecule has 0 radical (unpaired) electrons. The molecular weight excluding hydrogens is 332 g/mol. The third kappa shape index (κ3) is 4.13. The molecule has 0 bridgehead atoms. The zero-order chi connectivity index (χ0) is 18.6. The molecule has 0 spiro atoms. The fourth-order valence-corrected chi connectivity index (χ4v) is 2.14. The molecule has 2 rings (SSSR count). The minimum absolute atomic E-state index is 0.0521. The Kier molecular flexibility index (Phi) is 5.37. The lowest BCUT2D eigenvalue weighted by atomic mass is 10.0. The molecule has 2 N–H and O–H groups in total. The molecular formula is C14H16N6O5. The summed E-state index contributed by atoms with van der Waals surface area (Å²) in [7, 11) is 1.14. The highest BCUT2D eigenvalue weighted by Gasteiger charge is 2.25. The van der Waals surface area contributed by atoms with Crippen LogP contribution < -0.4 is 5.32 Å². The zero-order valence-corrected chi connectivity index (χ0v) is 13.7. The number of tetrazole rings is 1. The fraction of sp³-hybridized carbons (Fsp3) is 0.357. The van der Waals surface area contributed by atoms with Crippen molar-refractivity contribution in [1.29, 1.82) is 0 Å². The van der Waals surface area contributed by atoms with E-state index in [0.29, 0.717) is 0 Å². The summed E-state index contributed by atoms with van der Waals surface area (Å²) in [5, 5.41) is 27.2. The number of nitro benzene ring substituents is 1. The van der Waals surface area contributed by atoms with Crippen molar-refractivity contribution in [1.82, 2.24) is 25.9 Å². The highest BCUT2D eigenvalue weighted by molar-refractivity contribution is 5.99. The van der Waals surface area contributed by atoms with Crippen molar-refractivity contribution in [2.45, 2.75) is 19.9 Å². The van der Waals surface area contributed by atoms with E-state index in [0.717, 1.165) is 19.2 Å². The van der Waals surface area contributed by atoms with Crippen LogP contribution >= 0.6 is 0 Å². The van der Waals surface area contributed by atoms with E-state index in [2.05, 4.69) is 30.7 Å². The van der Waals surface area contributed by atoms with Crippen molar-refractivity contribution < 1.29 is 19.2 Å². The van der Waals surface area contributed by atoms with E-state index >= 15 is 0 Å². The number of non-ortho nitro benzene ring substituents is 1. The summed E-state index contributed by atoms with van der Waals surface area (Å²) in [6, 6.07) is 2.78. The summed E-state index contributed by atoms with van der Waals surface area (Å²) in [4.78, 5) is 34.5. The monoisotopic (exact) mass is 348 g/mol. The van der Waals surface area contributed by atoms with Gasteiger partial charge in [-0.1, -0.05) is 19.1 Å². The topological polar surface area (TPSA) is 153 Å². The Balaban J connectivity index is 2.35. The van der Waals surface area contributed by atoms with Gasteiger partial charge in [-0.2, -0.15) is 5.21 Å². The fourth-order valence-electron chi connectivity index (χ4n) is 2.14. The number of hydrogen-bond acceptors (Lipinski definition) is 8. The first-order valence-corrected chi connectivity index (χ1v) is 7.25. The van der Waals surface area contributed by atoms with Gasteiger partial charge in [0.1, 0.15) is 0 Å². The number of nitrogens with one attached hydrogen (secondary N) is 2. The van der Waals surface area contributed by atoms with E-state index in [4.69, 9.17) is 0 Å². The molecule has 132 valence electrons. The molecule has 11 heteroatoms. The SMILES string of the molecule is COC(=O)c1cc(C(=O)N[C@H](c2nn[nH]n2)C(C)C)cc([N+](=O)[O-])c1. The average molecular weight is 348 g/mol. The van der Waals surface area contributed by atoms with E-state index in [1.54, 1.807) is 0 Å². The first-order chi connectivity index (χ1) is 11.8. The number of H-pyrrole nitrogens is 1. The van der Waals surface area contributed by atoms with Crippen LogP contribution in [-0.4, -0.2) is 44.5 Å². The Morgan fingerprint density at radius 3 is 2.48 bits per heavy atom. The molecule has 0 aliphatic carbocycles. The number of rotatable bonds is 6. The lowest BCUT2D eigenvalue weighted by Gasteiger charge is -2.19. The zero-order valence-electron chi connectivity index (χ0n) is 13.7. The molecule has 0 fully saturated rings. The molecule has 0 aliphatic heterocycles. The number of ether oxygens (including phenoxy) is 1. The molecule has 0 saturated carbocycles. The van der Waals surface area contributed by atoms with Gasteiger partial charge in [0, 0.05) is 17.7 Å². The van der Waals surface area contributed by atoms with Crippen molar-refractivity contribution >= 4 is 17.6 Å². The summed E-state index contributed by atoms with van der Waals surface area (Å²) >= 11 is 0. The van der Waals surface area contributed by atoms with Crippen molar-refractivity contribution in [3.8, 4) is 0 Å². The van der Waals surface area contributed by atoms with Crippen molar-refractivity contribution in [2.24, 2.45) is 5.92 Å². The lowest BCUT2D eigenvalue weighted by Crippen LogP contribution is -2.32. The molecule has 0 aliphatic rings. The van der Waals surface area contributed by atoms with E-state index in [-0.39, 0.29) is 22.9 Å². The predicted octanol–water partition coefficient (Wildman–Crippen LogP) is 1.02. The van der Waals surface area contributed by atoms with Gasteiger partial charge < -0.3 is 10.1 Å². The van der Waals surface area contributed by atoms with Gasteiger partial charge >= 0.3 is 5.97 Å². The van der Waals surface area contributed by atoms with Crippen LogP contribution in [0, 0.1) is 16.0 Å². The molecule has 0 saturated heterocycles. The summed E-state index contributed by atoms with van der Waals surface area (Å²) in [6.45, 7) is 3.68. The number of esters is 1. The third-order valence-corrected chi connectivity index (χ3v) is 3.41. The molecule has 11 nitrogen and oxygen atoms in total. The molecule has 2 aromatic rings. The summed E-state index contributed by atoms with van der Waals surface area (Å²) < 4.78 is 4.56. The first-order valence-electron chi connectivity index (χ1n) is 7.25. The number of methoxy groups -OCH3 is 1. The second-order valence-electron chi connectivity index (χ2n) is 5.48. The van der Waals surface area contributed by atoms with Gasteiger partial charge in [0.15, 0.2) is 5.82 Å². The quantitative estimate of drug-likeness (QED) is 0.445. The number of nitrogens with zero attached hydrogens (tertiary/aromatic N) is 4. The normalized spacial score (nSPS) is 11.8. The molecule has 1 atom stereocenters. The highest BCUT2D eigenvalue weighted by atomic mass is 16.6. The number of benzene rings is 1. The maximum absolute atomic E-state index is 12.5. The van der Waals surface area contributed by atoms with Gasteiger partial charge in [0.25, 0.3) is 11.6 Å². The smallest absolute Gasteiger partial charge is 0.338 e. The van der Waals surface area contributed by atoms with Gasteiger partial charge in [-0.3, -0.25) is 14.9 Å². The summed E-state index contributed by atoms with van der Waals surface area (Å²) in [5.41, 5.74) is -0.542. The van der Waals surface area contributed by atoms with Crippen LogP contribution in [0.1, 0.15) is 46.4 Å². The number of aromatic amines is 1. The Labute approximate surface area is 141 Å². The lowest BCUT2D eigenvalue weighted by molar-refractivity contribution is -0.384. The molecule has 1 aromatic heterocycles. The molecule has 1 heterocycles. The van der Waals surface area contributed by atoms with Crippen LogP contribution in [0.5, 0.6) is 0 Å². The number of hydrogen-bond donors (Lipinski definition) is 2. The second kappa shape index (κ2) is 7.47. The minimum atomic E-state index is -0.781. The van der Waals surface area contributed by atoms with Crippen molar-refractivity contribution in [2.75, 3.05) is 7.11 Å². The number of nitro groups is 1. The Hall–Kier alpha value is -3.37. The maximum atomic E-state index is 12.5. The Morgan fingerprint density at radius 2 is 1.96 bits per heavy atom. The van der Waals surface area contributed by atoms with Crippen LogP contribution in [0.4, 0.5) is 5.69 Å². The minimum Gasteiger partial charge on any atom is -0.465 e. The van der Waals surface area contributed by atoms with Gasteiger partial charge in [-0.05, 0) is 12.0 Å². The Bertz CT molecular complexity index is 789. The number of carbonyl (C=O) groups is 2. The van der Waals surface area contributed by atoms with Crippen molar-refractivity contribution in [3.63, 3.8) is 0 Å². The first kappa shape index (κ1) is 18.0. The van der Waals surface area contributed by atoms with Crippen LogP contribution in [0.2, 0.25) is 0 Å². The summed E-state index contributed by atoms with van der Waals surface area (Å²) in [5.74, 6) is -1.18. The molecule has 25 heavy (non-hydrogen) atoms. The maximum Gasteiger partial charge on any atom is 0.338 e. The van der Waals surface area contributed by atoms with Crippen LogP contribution in [0.25, 0.3) is 0 Å². The summed E-state index contributed by atoms with van der Waals surface area (Å²) in [6.07, 6.45) is 0. The van der Waals surface area contributed by atoms with Gasteiger partial charge in [-0.25, -0.2) is 4.79 Å².